The predicted octanol–water partition coefficient (Wildman–Crippen LogP) is 4.42. The van der Waals surface area contributed by atoms with E-state index in [1.54, 1.807) is 0 Å². The molecule has 1 atom stereocenters. The van der Waals surface area contributed by atoms with E-state index in [1.807, 2.05) is 15.8 Å². The molecule has 0 bridgehead atoms. The van der Waals surface area contributed by atoms with Gasteiger partial charge in [0.25, 0.3) is 0 Å². The van der Waals surface area contributed by atoms with Crippen LogP contribution in [0.1, 0.15) is 68.1 Å². The van der Waals surface area contributed by atoms with Crippen LogP contribution >= 0.6 is 0 Å². The van der Waals surface area contributed by atoms with Gasteiger partial charge in [-0.25, -0.2) is 9.67 Å². The van der Waals surface area contributed by atoms with Crippen LogP contribution in [0.15, 0.2) is 30.5 Å². The summed E-state index contributed by atoms with van der Waals surface area (Å²) < 4.78 is 14.4. The molecule has 2 aromatic heterocycles. The van der Waals surface area contributed by atoms with Gasteiger partial charge in [0.2, 0.25) is 5.91 Å². The monoisotopic (exact) mass is 596 g/mol. The van der Waals surface area contributed by atoms with Crippen LogP contribution in [0.2, 0.25) is 0 Å². The third-order valence-corrected chi connectivity index (χ3v) is 9.81. The third kappa shape index (κ3) is 4.87. The summed E-state index contributed by atoms with van der Waals surface area (Å²) in [5, 5.41) is 25.7. The minimum atomic E-state index is -0.365. The molecule has 44 heavy (non-hydrogen) atoms. The number of likely N-dealkylation sites (tertiary alicyclic amines) is 1. The molecule has 0 saturated carbocycles. The molecule has 1 unspecified atom stereocenters. The van der Waals surface area contributed by atoms with Gasteiger partial charge in [0.05, 0.1) is 36.2 Å². The summed E-state index contributed by atoms with van der Waals surface area (Å²) in [4.78, 5) is 21.8. The Labute approximate surface area is 257 Å². The second kappa shape index (κ2) is 11.0. The quantitative estimate of drug-likeness (QED) is 0.431. The van der Waals surface area contributed by atoms with E-state index < -0.39 is 0 Å². The van der Waals surface area contributed by atoms with Crippen LogP contribution in [0.25, 0.3) is 22.0 Å². The number of anilines is 1. The van der Waals surface area contributed by atoms with Gasteiger partial charge in [-0.05, 0) is 63.6 Å². The highest BCUT2D eigenvalue weighted by Crippen LogP contribution is 2.47. The van der Waals surface area contributed by atoms with Gasteiger partial charge in [-0.1, -0.05) is 12.1 Å². The van der Waals surface area contributed by atoms with Crippen molar-refractivity contribution in [3.8, 4) is 17.2 Å². The van der Waals surface area contributed by atoms with E-state index in [-0.39, 0.29) is 29.8 Å². The zero-order valence-corrected chi connectivity index (χ0v) is 25.8. The molecule has 230 valence electrons. The first-order chi connectivity index (χ1) is 21.2. The molecule has 6 heterocycles. The van der Waals surface area contributed by atoms with Crippen LogP contribution in [-0.2, 0) is 27.3 Å². The molecule has 1 aromatic carbocycles. The fraction of sp³-hybridized carbons (Fsp3) is 0.529. The first-order valence-electron chi connectivity index (χ1n) is 15.7. The number of aliphatic hydroxyl groups is 1. The lowest BCUT2D eigenvalue weighted by atomic mass is 9.79. The Bertz CT molecular complexity index is 1690. The first kappa shape index (κ1) is 29.0. The molecule has 3 aromatic rings. The van der Waals surface area contributed by atoms with Gasteiger partial charge in [-0.3, -0.25) is 4.79 Å². The maximum absolute atomic E-state index is 12.5. The van der Waals surface area contributed by atoms with Gasteiger partial charge in [-0.15, -0.1) is 0 Å². The number of hydrogen-bond donors (Lipinski definition) is 1. The van der Waals surface area contributed by atoms with Crippen LogP contribution in [0.5, 0.6) is 0 Å². The number of amides is 1. The highest BCUT2D eigenvalue weighted by molar-refractivity contribution is 6.00. The van der Waals surface area contributed by atoms with E-state index in [0.29, 0.717) is 31.7 Å². The number of rotatable bonds is 5. The lowest BCUT2D eigenvalue weighted by molar-refractivity contribution is -0.136. The lowest BCUT2D eigenvalue weighted by Crippen LogP contribution is -2.59. The largest absolute Gasteiger partial charge is 0.392 e. The molecule has 3 fully saturated rings. The SMILES string of the molecule is Cc1ccc2c(cnn2C2CCCCO2)c1-c1c(C#N)c(N2CCC3(CN(C(=O)/C=C/CO)C3)C2)nc2c1COC(C)(C)C2. The zero-order chi connectivity index (χ0) is 30.6. The maximum atomic E-state index is 12.5. The standard InChI is InChI=1S/C34H40N6O4/c1-22-9-10-27-24(17-36-40(27)29-8-4-5-14-43-29)30(22)31-23(16-35)32(37-26-15-33(2,3)44-18-25(26)31)38-12-11-34(19-38)20-39(21-34)28(42)7-6-13-41/h6-7,9-10,17,29,41H,4-5,8,11-15,18-21H2,1-3H3/b7-6+. The number of aryl methyl sites for hydroxylation is 1. The molecule has 10 nitrogen and oxygen atoms in total. The Hall–Kier alpha value is -3.78. The average Bonchev–Trinajstić information content (AvgIpc) is 3.64. The molecule has 1 amide bonds. The normalized spacial score (nSPS) is 22.4. The number of ether oxygens (including phenoxy) is 2. The number of hydrogen-bond acceptors (Lipinski definition) is 8. The van der Waals surface area contributed by atoms with Crippen LogP contribution in [0, 0.1) is 23.7 Å². The summed E-state index contributed by atoms with van der Waals surface area (Å²) in [6.07, 6.45) is 9.44. The van der Waals surface area contributed by atoms with Gasteiger partial charge in [0.15, 0.2) is 6.23 Å². The molecule has 0 radical (unpaired) electrons. The van der Waals surface area contributed by atoms with Crippen molar-refractivity contribution in [3.05, 3.63) is 52.9 Å². The van der Waals surface area contributed by atoms with Crippen molar-refractivity contribution in [1.82, 2.24) is 19.7 Å². The van der Waals surface area contributed by atoms with Crippen molar-refractivity contribution >= 4 is 22.6 Å². The molecule has 4 aliphatic heterocycles. The fourth-order valence-electron chi connectivity index (χ4n) is 7.55. The number of nitriles is 1. The lowest BCUT2D eigenvalue weighted by Gasteiger charge is -2.47. The number of carbonyl (C=O) groups excluding carboxylic acids is 1. The van der Waals surface area contributed by atoms with Gasteiger partial charge < -0.3 is 24.4 Å². The Morgan fingerprint density at radius 1 is 1.23 bits per heavy atom. The Morgan fingerprint density at radius 2 is 2.07 bits per heavy atom. The van der Waals surface area contributed by atoms with Gasteiger partial charge in [0.1, 0.15) is 17.5 Å². The van der Waals surface area contributed by atoms with E-state index in [0.717, 1.165) is 90.0 Å². The summed E-state index contributed by atoms with van der Waals surface area (Å²) in [5.41, 5.74) is 6.12. The molecule has 4 aliphatic rings. The van der Waals surface area contributed by atoms with Gasteiger partial charge in [-0.2, -0.15) is 10.4 Å². The second-order valence-electron chi connectivity index (χ2n) is 13.5. The molecule has 1 N–H and O–H groups in total. The third-order valence-electron chi connectivity index (χ3n) is 9.81. The maximum Gasteiger partial charge on any atom is 0.246 e. The van der Waals surface area contributed by atoms with E-state index in [1.165, 1.54) is 12.2 Å². The zero-order valence-electron chi connectivity index (χ0n) is 25.8. The molecular weight excluding hydrogens is 556 g/mol. The Balaban J connectivity index is 1.32. The topological polar surface area (TPSA) is 117 Å². The van der Waals surface area contributed by atoms with Crippen molar-refractivity contribution < 1.29 is 19.4 Å². The number of carbonyl (C=O) groups is 1. The summed E-state index contributed by atoms with van der Waals surface area (Å²) in [5.74, 6) is 0.653. The first-order valence-corrected chi connectivity index (χ1v) is 15.7. The smallest absolute Gasteiger partial charge is 0.246 e. The number of fused-ring (bicyclic) bond motifs is 2. The van der Waals surface area contributed by atoms with Crippen LogP contribution < -0.4 is 4.90 Å². The highest BCUT2D eigenvalue weighted by Gasteiger charge is 2.50. The molecule has 7 rings (SSSR count). The summed E-state index contributed by atoms with van der Waals surface area (Å²) >= 11 is 0. The van der Waals surface area contributed by atoms with Gasteiger partial charge >= 0.3 is 0 Å². The Morgan fingerprint density at radius 3 is 2.82 bits per heavy atom. The number of aliphatic hydroxyl groups excluding tert-OH is 1. The number of benzene rings is 1. The molecular formula is C34H40N6O4. The van der Waals surface area contributed by atoms with E-state index in [9.17, 15) is 10.1 Å². The summed E-state index contributed by atoms with van der Waals surface area (Å²) in [6.45, 7) is 10.1. The minimum absolute atomic E-state index is 0.0212. The number of pyridine rings is 1. The average molecular weight is 597 g/mol. The van der Waals surface area contributed by atoms with Crippen molar-refractivity contribution in [2.24, 2.45) is 5.41 Å². The van der Waals surface area contributed by atoms with E-state index in [2.05, 4.69) is 43.9 Å². The Kier molecular flexibility index (Phi) is 7.23. The molecule has 10 heteroatoms. The van der Waals surface area contributed by atoms with Crippen LogP contribution in [0.4, 0.5) is 5.82 Å². The van der Waals surface area contributed by atoms with Crippen LogP contribution in [0.3, 0.4) is 0 Å². The van der Waals surface area contributed by atoms with E-state index in [4.69, 9.17) is 24.7 Å². The predicted molar refractivity (Wildman–Crippen MR) is 166 cm³/mol. The summed E-state index contributed by atoms with van der Waals surface area (Å²) in [6, 6.07) is 6.81. The van der Waals surface area contributed by atoms with Crippen molar-refractivity contribution in [3.63, 3.8) is 0 Å². The van der Waals surface area contributed by atoms with Gasteiger partial charge in [0, 0.05) is 67.2 Å². The molecule has 1 spiro atoms. The summed E-state index contributed by atoms with van der Waals surface area (Å²) in [7, 11) is 0. The van der Waals surface area contributed by atoms with Crippen molar-refractivity contribution in [2.75, 3.05) is 44.3 Å². The number of aromatic nitrogens is 3. The molecule has 3 saturated heterocycles. The van der Waals surface area contributed by atoms with Crippen LogP contribution in [-0.4, -0.2) is 75.7 Å². The molecule has 0 aliphatic carbocycles. The highest BCUT2D eigenvalue weighted by atomic mass is 16.5. The van der Waals surface area contributed by atoms with Crippen molar-refractivity contribution in [1.29, 1.82) is 5.26 Å². The second-order valence-corrected chi connectivity index (χ2v) is 13.5. The minimum Gasteiger partial charge on any atom is -0.392 e. The number of nitrogens with zero attached hydrogens (tertiary/aromatic N) is 6. The fourth-order valence-corrected chi connectivity index (χ4v) is 7.55. The van der Waals surface area contributed by atoms with Crippen molar-refractivity contribution in [2.45, 2.75) is 71.3 Å². The van der Waals surface area contributed by atoms with E-state index >= 15 is 0 Å².